The number of imidazole rings is 1. The number of benzene rings is 2. The molecule has 0 bridgehead atoms. The highest BCUT2D eigenvalue weighted by molar-refractivity contribution is 7.92. The Morgan fingerprint density at radius 2 is 1.68 bits per heavy atom. The Bertz CT molecular complexity index is 1320. The fourth-order valence-electron chi connectivity index (χ4n) is 3.73. The van der Waals surface area contributed by atoms with Crippen molar-refractivity contribution in [2.75, 3.05) is 15.9 Å². The van der Waals surface area contributed by atoms with Crippen LogP contribution < -0.4 is 15.3 Å². The van der Waals surface area contributed by atoms with E-state index in [9.17, 15) is 18.0 Å². The number of fused-ring (bicyclic) bond motifs is 1. The number of hydrogen-bond acceptors (Lipinski definition) is 4. The zero-order chi connectivity index (χ0) is 23.1. The van der Waals surface area contributed by atoms with Crippen LogP contribution in [-0.2, 0) is 28.9 Å². The van der Waals surface area contributed by atoms with Crippen LogP contribution >= 0.6 is 0 Å². The van der Waals surface area contributed by atoms with Crippen LogP contribution in [0.25, 0.3) is 11.0 Å². The molecule has 1 heterocycles. The smallest absolute Gasteiger partial charge is 0.324 e. The molecule has 0 aliphatic heterocycles. The largest absolute Gasteiger partial charge is 0.328 e. The van der Waals surface area contributed by atoms with E-state index >= 15 is 0 Å². The molecule has 166 valence electrons. The lowest BCUT2D eigenvalue weighted by atomic mass is 10.1. The highest BCUT2D eigenvalue weighted by atomic mass is 32.2. The third kappa shape index (κ3) is 4.23. The van der Waals surface area contributed by atoms with Gasteiger partial charge in [-0.3, -0.25) is 18.2 Å². The van der Waals surface area contributed by atoms with Crippen LogP contribution in [0.2, 0.25) is 0 Å². The van der Waals surface area contributed by atoms with E-state index < -0.39 is 22.0 Å². The lowest BCUT2D eigenvalue weighted by Crippen LogP contribution is -2.47. The van der Waals surface area contributed by atoms with Gasteiger partial charge in [0.05, 0.1) is 23.0 Å². The van der Waals surface area contributed by atoms with Gasteiger partial charge in [0.15, 0.2) is 0 Å². The minimum atomic E-state index is -3.72. The van der Waals surface area contributed by atoms with Gasteiger partial charge in [-0.2, -0.15) is 0 Å². The van der Waals surface area contributed by atoms with E-state index in [2.05, 4.69) is 5.32 Å². The molecular weight excluding hydrogens is 416 g/mol. The number of nitrogens with zero attached hydrogens (tertiary/aromatic N) is 3. The van der Waals surface area contributed by atoms with Crippen molar-refractivity contribution in [2.24, 2.45) is 14.1 Å². The fraction of sp³-hybridized carbons (Fsp3) is 0.364. The molecule has 3 rings (SSSR count). The minimum absolute atomic E-state index is 0.164. The number of carbonyl (C=O) groups is 1. The molecule has 8 nitrogen and oxygen atoms in total. The van der Waals surface area contributed by atoms with E-state index in [1.54, 1.807) is 51.4 Å². The predicted molar refractivity (Wildman–Crippen MR) is 124 cm³/mol. The Morgan fingerprint density at radius 3 is 2.26 bits per heavy atom. The third-order valence-corrected chi connectivity index (χ3v) is 6.79. The second-order valence-electron chi connectivity index (χ2n) is 7.84. The maximum atomic E-state index is 13.2. The normalized spacial score (nSPS) is 12.7. The van der Waals surface area contributed by atoms with Gasteiger partial charge in [0, 0.05) is 19.8 Å². The number of carbonyl (C=O) groups excluding carboxylic acids is 1. The Balaban J connectivity index is 1.99. The second kappa shape index (κ2) is 8.22. The van der Waals surface area contributed by atoms with Crippen molar-refractivity contribution in [3.63, 3.8) is 0 Å². The summed E-state index contributed by atoms with van der Waals surface area (Å²) in [4.78, 5) is 25.3. The van der Waals surface area contributed by atoms with Crippen LogP contribution in [0.5, 0.6) is 0 Å². The molecule has 2 aromatic carbocycles. The number of aromatic nitrogens is 2. The Morgan fingerprint density at radius 1 is 1.03 bits per heavy atom. The van der Waals surface area contributed by atoms with Gasteiger partial charge in [0.2, 0.25) is 15.9 Å². The number of nitrogens with one attached hydrogen (secondary N) is 1. The SMILES string of the molecule is CC[C@@H](C(=O)Nc1ccc2c(c1)n(C)c(=O)n2C)N(c1ccc(C)c(C)c1)S(C)(=O)=O. The number of amides is 1. The molecule has 1 atom stereocenters. The minimum Gasteiger partial charge on any atom is -0.324 e. The number of hydrogen-bond donors (Lipinski definition) is 1. The van der Waals surface area contributed by atoms with E-state index in [0.717, 1.165) is 22.9 Å². The lowest BCUT2D eigenvalue weighted by molar-refractivity contribution is -0.117. The summed E-state index contributed by atoms with van der Waals surface area (Å²) in [6, 6.07) is 9.58. The Labute approximate surface area is 182 Å². The molecule has 1 N–H and O–H groups in total. The van der Waals surface area contributed by atoms with Gasteiger partial charge in [-0.1, -0.05) is 13.0 Å². The lowest BCUT2D eigenvalue weighted by Gasteiger charge is -2.30. The van der Waals surface area contributed by atoms with Gasteiger partial charge in [-0.05, 0) is 61.7 Å². The van der Waals surface area contributed by atoms with Crippen LogP contribution in [0, 0.1) is 13.8 Å². The quantitative estimate of drug-likeness (QED) is 0.633. The third-order valence-electron chi connectivity index (χ3n) is 5.61. The Kier molecular flexibility index (Phi) is 6.00. The van der Waals surface area contributed by atoms with Crippen molar-refractivity contribution in [1.29, 1.82) is 0 Å². The molecular formula is C22H28N4O4S. The Hall–Kier alpha value is -3.07. The molecule has 1 aromatic heterocycles. The van der Waals surface area contributed by atoms with Crippen molar-refractivity contribution < 1.29 is 13.2 Å². The van der Waals surface area contributed by atoms with Crippen molar-refractivity contribution in [2.45, 2.75) is 33.2 Å². The second-order valence-corrected chi connectivity index (χ2v) is 9.70. The number of sulfonamides is 1. The summed E-state index contributed by atoms with van der Waals surface area (Å²) in [6.07, 6.45) is 1.39. The molecule has 0 aliphatic carbocycles. The average molecular weight is 445 g/mol. The first kappa shape index (κ1) is 22.6. The van der Waals surface area contributed by atoms with Crippen molar-refractivity contribution in [3.8, 4) is 0 Å². The van der Waals surface area contributed by atoms with E-state index in [1.165, 1.54) is 13.4 Å². The summed E-state index contributed by atoms with van der Waals surface area (Å²) in [6.45, 7) is 5.62. The van der Waals surface area contributed by atoms with E-state index in [1.807, 2.05) is 19.9 Å². The molecule has 0 fully saturated rings. The summed E-state index contributed by atoms with van der Waals surface area (Å²) < 4.78 is 29.5. The van der Waals surface area contributed by atoms with E-state index in [4.69, 9.17) is 0 Å². The molecule has 0 radical (unpaired) electrons. The number of aryl methyl sites for hydroxylation is 4. The van der Waals surface area contributed by atoms with Gasteiger partial charge >= 0.3 is 5.69 Å². The van der Waals surface area contributed by atoms with Crippen molar-refractivity contribution >= 4 is 38.3 Å². The van der Waals surface area contributed by atoms with E-state index in [-0.39, 0.29) is 12.1 Å². The molecule has 31 heavy (non-hydrogen) atoms. The van der Waals surface area contributed by atoms with Crippen molar-refractivity contribution in [3.05, 3.63) is 58.0 Å². The van der Waals surface area contributed by atoms with Crippen LogP contribution in [0.4, 0.5) is 11.4 Å². The summed E-state index contributed by atoms with van der Waals surface area (Å²) in [5.41, 5.74) is 4.17. The summed E-state index contributed by atoms with van der Waals surface area (Å²) in [7, 11) is -0.369. The molecule has 0 saturated carbocycles. The van der Waals surface area contributed by atoms with E-state index in [0.29, 0.717) is 16.9 Å². The number of rotatable bonds is 6. The standard InChI is InChI=1S/C22H28N4O4S/c1-7-18(26(31(6,29)30)17-10-8-14(2)15(3)12-17)21(27)23-16-9-11-19-20(13-16)25(5)22(28)24(19)4/h8-13,18H,7H2,1-6H3,(H,23,27)/t18-/m0/s1. The van der Waals surface area contributed by atoms with Gasteiger partial charge in [-0.25, -0.2) is 13.2 Å². The first-order chi connectivity index (χ1) is 14.5. The highest BCUT2D eigenvalue weighted by Gasteiger charge is 2.31. The monoisotopic (exact) mass is 444 g/mol. The van der Waals surface area contributed by atoms with Crippen LogP contribution in [0.1, 0.15) is 24.5 Å². The van der Waals surface area contributed by atoms with Gasteiger partial charge in [0.1, 0.15) is 6.04 Å². The zero-order valence-corrected chi connectivity index (χ0v) is 19.4. The van der Waals surface area contributed by atoms with Gasteiger partial charge in [0.25, 0.3) is 0 Å². The van der Waals surface area contributed by atoms with Gasteiger partial charge < -0.3 is 5.32 Å². The number of anilines is 2. The van der Waals surface area contributed by atoms with Crippen LogP contribution in [0.3, 0.4) is 0 Å². The molecule has 1 amide bonds. The first-order valence-corrected chi connectivity index (χ1v) is 11.8. The zero-order valence-electron chi connectivity index (χ0n) is 18.6. The summed E-state index contributed by atoms with van der Waals surface area (Å²) >= 11 is 0. The summed E-state index contributed by atoms with van der Waals surface area (Å²) in [5, 5.41) is 2.82. The fourth-order valence-corrected chi connectivity index (χ4v) is 4.94. The average Bonchev–Trinajstić information content (AvgIpc) is 2.91. The molecule has 0 spiro atoms. The molecule has 0 saturated heterocycles. The molecule has 3 aromatic rings. The maximum Gasteiger partial charge on any atom is 0.328 e. The maximum absolute atomic E-state index is 13.2. The topological polar surface area (TPSA) is 93.4 Å². The molecule has 0 unspecified atom stereocenters. The van der Waals surface area contributed by atoms with Crippen LogP contribution in [-0.4, -0.2) is 35.8 Å². The molecule has 9 heteroatoms. The van der Waals surface area contributed by atoms with Crippen molar-refractivity contribution in [1.82, 2.24) is 9.13 Å². The molecule has 0 aliphatic rings. The highest BCUT2D eigenvalue weighted by Crippen LogP contribution is 2.26. The summed E-state index contributed by atoms with van der Waals surface area (Å²) in [5.74, 6) is -0.438. The predicted octanol–water partition coefficient (Wildman–Crippen LogP) is 2.68. The van der Waals surface area contributed by atoms with Crippen LogP contribution in [0.15, 0.2) is 41.2 Å². The first-order valence-electron chi connectivity index (χ1n) is 9.98. The van der Waals surface area contributed by atoms with Gasteiger partial charge in [-0.15, -0.1) is 0 Å².